The summed E-state index contributed by atoms with van der Waals surface area (Å²) < 4.78 is 65.7. The molecule has 1 saturated carbocycles. The van der Waals surface area contributed by atoms with Gasteiger partial charge in [0.25, 0.3) is 11.7 Å². The molecule has 2 bridgehead atoms. The highest BCUT2D eigenvalue weighted by Crippen LogP contribution is 2.52. The number of rotatable bonds is 12. The van der Waals surface area contributed by atoms with Crippen LogP contribution in [-0.2, 0) is 67.6 Å². The number of furan rings is 1. The summed E-state index contributed by atoms with van der Waals surface area (Å²) in [6, 6.07) is 2.18. The first-order valence-electron chi connectivity index (χ1n) is 23.9. The van der Waals surface area contributed by atoms with E-state index in [-0.39, 0.29) is 50.0 Å². The standard InChI is InChI=1S/C49H76NO16P/c1-11-35-22-29(2)21-30(3)23-42(59-8)45-43(60-9)25-32(5)49(56,65-45)46(53)47(54)50-19-13-12-16-37(50)48(55)64-44(33(6)38(51)27-39(35)52)31(4)24-34-17-18-40(41(26-34)58-7)66-67(57,61-10)63-28-36-15-14-20-62-36/h14-15,20,22,24,30,32-35,37-38,40-45,51,56H,11-13,16-19,21,23,25-28H2,1-10H3/b29-22+,31-24+/t30-,32+,33+,34-,35+,37-,38?,40+,41+,42-,43-,44+,45+,49+,67?/m0/s1. The smallest absolute Gasteiger partial charge is 0.467 e. The van der Waals surface area contributed by atoms with E-state index in [2.05, 4.69) is 0 Å². The van der Waals surface area contributed by atoms with Gasteiger partial charge in [0.05, 0.1) is 36.8 Å². The van der Waals surface area contributed by atoms with Crippen molar-refractivity contribution >= 4 is 31.3 Å². The topological polar surface area (TPSA) is 216 Å². The zero-order valence-electron chi connectivity index (χ0n) is 41.1. The fourth-order valence-corrected chi connectivity index (χ4v) is 11.4. The van der Waals surface area contributed by atoms with E-state index in [9.17, 15) is 34.0 Å². The number of hydrogen-bond donors (Lipinski definition) is 2. The van der Waals surface area contributed by atoms with E-state index >= 15 is 0 Å². The number of hydrogen-bond acceptors (Lipinski definition) is 16. The summed E-state index contributed by atoms with van der Waals surface area (Å²) in [6.07, 6.45) is 4.01. The van der Waals surface area contributed by atoms with Crippen LogP contribution in [0.3, 0.4) is 0 Å². The van der Waals surface area contributed by atoms with Gasteiger partial charge < -0.3 is 43.2 Å². The van der Waals surface area contributed by atoms with Gasteiger partial charge in [-0.05, 0) is 108 Å². The molecule has 15 atom stereocenters. The number of carbonyl (C=O) groups is 4. The second-order valence-electron chi connectivity index (χ2n) is 19.2. The highest BCUT2D eigenvalue weighted by molar-refractivity contribution is 7.48. The SMILES string of the molecule is CC[C@@H]1/C=C(\C)C[C@H](C)C[C@H](OC)[C@H]2O[C@@](O)(C(=O)C(=O)N3CCCC[C@H]3C(=O)O[C@H](/C(C)=C/[C@@H]3CC[C@@H](OP(=O)(OC)OCc4ccco4)[C@H](OC)C3)[C@H](C)C(O)CC1=O)[C@H](C)C[C@@H]2OC. The molecule has 2 saturated heterocycles. The maximum absolute atomic E-state index is 14.5. The number of phosphoric ester groups is 1. The third-order valence-corrected chi connectivity index (χ3v) is 15.7. The third kappa shape index (κ3) is 13.6. The third-order valence-electron chi connectivity index (χ3n) is 14.3. The molecule has 1 aliphatic carbocycles. The molecule has 0 aromatic carbocycles. The minimum atomic E-state index is -4.01. The van der Waals surface area contributed by atoms with Crippen molar-refractivity contribution in [1.82, 2.24) is 4.90 Å². The molecule has 4 heterocycles. The Morgan fingerprint density at radius 2 is 1.64 bits per heavy atom. The van der Waals surface area contributed by atoms with Crippen molar-refractivity contribution in [1.29, 1.82) is 0 Å². The lowest BCUT2D eigenvalue weighted by molar-refractivity contribution is -0.302. The summed E-state index contributed by atoms with van der Waals surface area (Å²) in [7, 11) is 1.81. The van der Waals surface area contributed by atoms with Gasteiger partial charge in [-0.1, -0.05) is 45.4 Å². The predicted octanol–water partition coefficient (Wildman–Crippen LogP) is 7.06. The Morgan fingerprint density at radius 3 is 2.28 bits per heavy atom. The lowest BCUT2D eigenvalue weighted by Gasteiger charge is -2.47. The Labute approximate surface area is 396 Å². The van der Waals surface area contributed by atoms with Crippen molar-refractivity contribution < 1.29 is 75.6 Å². The number of ketones is 2. The van der Waals surface area contributed by atoms with Crippen LogP contribution in [0.5, 0.6) is 0 Å². The van der Waals surface area contributed by atoms with Gasteiger partial charge in [0.15, 0.2) is 0 Å². The number of cyclic esters (lactones) is 1. The molecule has 0 radical (unpaired) electrons. The Kier molecular flexibility index (Phi) is 20.2. The second kappa shape index (κ2) is 24.6. The predicted molar refractivity (Wildman–Crippen MR) is 245 cm³/mol. The maximum atomic E-state index is 14.5. The number of aliphatic hydroxyl groups excluding tert-OH is 1. The van der Waals surface area contributed by atoms with Crippen molar-refractivity contribution in [3.63, 3.8) is 0 Å². The number of fused-ring (bicyclic) bond motifs is 3. The fraction of sp³-hybridized carbons (Fsp3) is 0.755. The van der Waals surface area contributed by atoms with E-state index < -0.39 is 97.8 Å². The van der Waals surface area contributed by atoms with Crippen LogP contribution >= 0.6 is 7.82 Å². The van der Waals surface area contributed by atoms with Crippen LogP contribution in [0.1, 0.15) is 118 Å². The van der Waals surface area contributed by atoms with Crippen LogP contribution in [0.2, 0.25) is 0 Å². The minimum absolute atomic E-state index is 0.00729. The molecule has 2 unspecified atom stereocenters. The summed E-state index contributed by atoms with van der Waals surface area (Å²) in [5.74, 6) is -7.54. The van der Waals surface area contributed by atoms with Gasteiger partial charge in [-0.15, -0.1) is 0 Å². The molecule has 378 valence electrons. The van der Waals surface area contributed by atoms with E-state index in [0.29, 0.717) is 62.7 Å². The normalized spacial score (nSPS) is 37.7. The summed E-state index contributed by atoms with van der Waals surface area (Å²) >= 11 is 0. The van der Waals surface area contributed by atoms with Gasteiger partial charge in [0.2, 0.25) is 5.79 Å². The average Bonchev–Trinajstić information content (AvgIpc) is 3.85. The summed E-state index contributed by atoms with van der Waals surface area (Å²) in [5.41, 5.74) is 1.57. The molecule has 1 aromatic heterocycles. The minimum Gasteiger partial charge on any atom is -0.467 e. The van der Waals surface area contributed by atoms with E-state index in [1.54, 1.807) is 32.9 Å². The van der Waals surface area contributed by atoms with Gasteiger partial charge in [-0.3, -0.25) is 28.0 Å². The van der Waals surface area contributed by atoms with Crippen LogP contribution < -0.4 is 0 Å². The molecule has 5 rings (SSSR count). The van der Waals surface area contributed by atoms with E-state index in [4.69, 9.17) is 41.7 Å². The van der Waals surface area contributed by atoms with Crippen molar-refractivity contribution in [2.45, 2.75) is 173 Å². The molecule has 1 amide bonds. The van der Waals surface area contributed by atoms with Crippen LogP contribution in [0.25, 0.3) is 0 Å². The number of carbonyl (C=O) groups excluding carboxylic acids is 4. The number of phosphoric acid groups is 1. The molecule has 17 nitrogen and oxygen atoms in total. The largest absolute Gasteiger partial charge is 0.475 e. The van der Waals surface area contributed by atoms with Gasteiger partial charge >= 0.3 is 13.8 Å². The number of allylic oxidation sites excluding steroid dienone is 3. The Morgan fingerprint density at radius 1 is 0.940 bits per heavy atom. The molecule has 2 N–H and O–H groups in total. The molecule has 3 fully saturated rings. The first kappa shape index (κ1) is 54.8. The lowest BCUT2D eigenvalue weighted by atomic mass is 9.81. The van der Waals surface area contributed by atoms with Crippen molar-refractivity contribution in [2.75, 3.05) is 35.0 Å². The van der Waals surface area contributed by atoms with Crippen LogP contribution in [-0.4, -0.2) is 128 Å². The highest BCUT2D eigenvalue weighted by atomic mass is 31.2. The lowest BCUT2D eigenvalue weighted by Crippen LogP contribution is -2.64. The van der Waals surface area contributed by atoms with Gasteiger partial charge in [-0.2, -0.15) is 0 Å². The van der Waals surface area contributed by atoms with Crippen molar-refractivity contribution in [3.8, 4) is 0 Å². The quantitative estimate of drug-likeness (QED) is 0.0928. The van der Waals surface area contributed by atoms with Crippen molar-refractivity contribution in [2.24, 2.45) is 29.6 Å². The van der Waals surface area contributed by atoms with Crippen LogP contribution in [0.15, 0.2) is 46.1 Å². The second-order valence-corrected chi connectivity index (χ2v) is 20.9. The number of ether oxygens (including phenoxy) is 5. The summed E-state index contributed by atoms with van der Waals surface area (Å²) in [6.45, 7) is 11.0. The fourth-order valence-electron chi connectivity index (χ4n) is 10.3. The number of Topliss-reactive ketones (excluding diaryl/α,β-unsaturated/α-hetero) is 2. The van der Waals surface area contributed by atoms with Crippen LogP contribution in [0.4, 0.5) is 0 Å². The number of methoxy groups -OCH3 is 3. The van der Waals surface area contributed by atoms with E-state index in [1.807, 2.05) is 32.9 Å². The van der Waals surface area contributed by atoms with E-state index in [1.165, 1.54) is 39.6 Å². The zero-order valence-corrected chi connectivity index (χ0v) is 42.0. The number of nitrogens with zero attached hydrogens (tertiary/aromatic N) is 1. The Balaban J connectivity index is 1.46. The van der Waals surface area contributed by atoms with Crippen molar-refractivity contribution in [3.05, 3.63) is 47.5 Å². The first-order valence-corrected chi connectivity index (χ1v) is 25.4. The number of piperidine rings is 1. The summed E-state index contributed by atoms with van der Waals surface area (Å²) in [4.78, 5) is 58.4. The monoisotopic (exact) mass is 965 g/mol. The average molecular weight is 966 g/mol. The number of esters is 1. The Bertz CT molecular complexity index is 1920. The Hall–Kier alpha value is -3.09. The molecule has 3 aliphatic heterocycles. The molecule has 18 heteroatoms. The van der Waals surface area contributed by atoms with E-state index in [0.717, 1.165) is 5.57 Å². The van der Waals surface area contributed by atoms with Gasteiger partial charge in [0.1, 0.15) is 36.4 Å². The highest BCUT2D eigenvalue weighted by Gasteiger charge is 2.56. The molecular weight excluding hydrogens is 890 g/mol. The maximum Gasteiger partial charge on any atom is 0.475 e. The van der Waals surface area contributed by atoms with Gasteiger partial charge in [-0.25, -0.2) is 9.36 Å². The molecule has 0 spiro atoms. The number of amides is 1. The molecule has 1 aromatic rings. The van der Waals surface area contributed by atoms with Crippen LogP contribution in [0, 0.1) is 29.6 Å². The zero-order chi connectivity index (χ0) is 49.2. The van der Waals surface area contributed by atoms with Gasteiger partial charge in [0, 0.05) is 59.2 Å². The molecular formula is C49H76NO16P. The summed E-state index contributed by atoms with van der Waals surface area (Å²) in [5, 5.41) is 24.0. The molecule has 67 heavy (non-hydrogen) atoms. The first-order chi connectivity index (χ1) is 31.8. The number of aliphatic hydroxyl groups is 2. The molecule has 4 aliphatic rings.